The van der Waals surface area contributed by atoms with Crippen molar-refractivity contribution in [2.45, 2.75) is 13.5 Å². The van der Waals surface area contributed by atoms with Gasteiger partial charge in [0.25, 0.3) is 5.56 Å². The van der Waals surface area contributed by atoms with E-state index in [1.54, 1.807) is 4.68 Å². The van der Waals surface area contributed by atoms with Crippen molar-refractivity contribution in [3.63, 3.8) is 0 Å². The van der Waals surface area contributed by atoms with Crippen LogP contribution in [0.15, 0.2) is 59.4 Å². The van der Waals surface area contributed by atoms with E-state index in [-0.39, 0.29) is 11.2 Å². The average molecular weight is 279 g/mol. The molecule has 0 spiro atoms. The van der Waals surface area contributed by atoms with Gasteiger partial charge in [-0.15, -0.1) is 0 Å². The summed E-state index contributed by atoms with van der Waals surface area (Å²) in [5.74, 6) is 0. The molecule has 1 heterocycles. The van der Waals surface area contributed by atoms with Gasteiger partial charge in [-0.2, -0.15) is 0 Å². The number of nitrogens with zero attached hydrogens (tertiary/aromatic N) is 1. The molecule has 2 aromatic carbocycles. The molecule has 3 N–H and O–H groups in total. The van der Waals surface area contributed by atoms with Crippen molar-refractivity contribution in [1.29, 1.82) is 0 Å². The molecular weight excluding hydrogens is 262 g/mol. The molecule has 0 bridgehead atoms. The van der Waals surface area contributed by atoms with Crippen molar-refractivity contribution in [1.82, 2.24) is 9.78 Å². The summed E-state index contributed by atoms with van der Waals surface area (Å²) < 4.78 is 1.54. The highest BCUT2D eigenvalue weighted by atomic mass is 16.1. The van der Waals surface area contributed by atoms with E-state index >= 15 is 0 Å². The minimum Gasteiger partial charge on any atom is -0.392 e. The summed E-state index contributed by atoms with van der Waals surface area (Å²) in [7, 11) is 0. The molecule has 0 aliphatic carbocycles. The van der Waals surface area contributed by atoms with Crippen LogP contribution in [-0.4, -0.2) is 9.78 Å². The van der Waals surface area contributed by atoms with Crippen LogP contribution in [0.2, 0.25) is 0 Å². The second-order valence-corrected chi connectivity index (χ2v) is 5.14. The minimum atomic E-state index is -0.186. The average Bonchev–Trinajstić information content (AvgIpc) is 2.79. The fourth-order valence-electron chi connectivity index (χ4n) is 2.31. The Balaban J connectivity index is 1.98. The van der Waals surface area contributed by atoms with Gasteiger partial charge in [0.05, 0.1) is 12.2 Å². The number of aromatic amines is 1. The van der Waals surface area contributed by atoms with Gasteiger partial charge < -0.3 is 5.73 Å². The Morgan fingerprint density at radius 2 is 1.71 bits per heavy atom. The van der Waals surface area contributed by atoms with Crippen molar-refractivity contribution >= 4 is 5.69 Å². The van der Waals surface area contributed by atoms with Gasteiger partial charge in [0.1, 0.15) is 5.69 Å². The Morgan fingerprint density at radius 3 is 2.38 bits per heavy atom. The Hall–Kier alpha value is -2.75. The lowest BCUT2D eigenvalue weighted by molar-refractivity contribution is 0.666. The van der Waals surface area contributed by atoms with Crippen molar-refractivity contribution in [2.24, 2.45) is 0 Å². The van der Waals surface area contributed by atoms with E-state index in [9.17, 15) is 4.79 Å². The smallest absolute Gasteiger partial charge is 0.290 e. The highest BCUT2D eigenvalue weighted by Gasteiger charge is 2.12. The van der Waals surface area contributed by atoms with E-state index in [4.69, 9.17) is 5.73 Å². The van der Waals surface area contributed by atoms with Crippen LogP contribution in [0.3, 0.4) is 0 Å². The highest BCUT2D eigenvalue weighted by molar-refractivity contribution is 5.71. The summed E-state index contributed by atoms with van der Waals surface area (Å²) in [5.41, 5.74) is 9.86. The molecule has 1 aromatic heterocycles. The van der Waals surface area contributed by atoms with Gasteiger partial charge >= 0.3 is 0 Å². The van der Waals surface area contributed by atoms with Gasteiger partial charge in [-0.3, -0.25) is 9.89 Å². The van der Waals surface area contributed by atoms with E-state index in [1.807, 2.05) is 61.5 Å². The molecule has 0 radical (unpaired) electrons. The summed E-state index contributed by atoms with van der Waals surface area (Å²) in [5, 5.41) is 3.11. The lowest BCUT2D eigenvalue weighted by Gasteiger charge is -2.03. The fourth-order valence-corrected chi connectivity index (χ4v) is 2.31. The van der Waals surface area contributed by atoms with Gasteiger partial charge in [-0.05, 0) is 12.5 Å². The number of rotatable bonds is 3. The quantitative estimate of drug-likeness (QED) is 0.774. The Labute approximate surface area is 122 Å². The zero-order chi connectivity index (χ0) is 14.8. The van der Waals surface area contributed by atoms with Crippen LogP contribution in [0.1, 0.15) is 11.1 Å². The van der Waals surface area contributed by atoms with E-state index in [0.29, 0.717) is 12.2 Å². The molecule has 3 aromatic rings. The molecule has 0 saturated heterocycles. The SMILES string of the molecule is Cc1ccc(Cn2[nH]c(-c3ccccc3)c(N)c2=O)cc1. The van der Waals surface area contributed by atoms with Crippen molar-refractivity contribution < 1.29 is 0 Å². The molecule has 0 atom stereocenters. The molecule has 21 heavy (non-hydrogen) atoms. The molecule has 4 heteroatoms. The minimum absolute atomic E-state index is 0.186. The zero-order valence-electron chi connectivity index (χ0n) is 11.8. The summed E-state index contributed by atoms with van der Waals surface area (Å²) in [4.78, 5) is 12.2. The first-order valence-corrected chi connectivity index (χ1v) is 6.84. The molecule has 0 amide bonds. The number of nitrogens with two attached hydrogens (primary N) is 1. The zero-order valence-corrected chi connectivity index (χ0v) is 11.8. The van der Waals surface area contributed by atoms with E-state index in [0.717, 1.165) is 11.1 Å². The predicted octanol–water partition coefficient (Wildman–Crippen LogP) is 2.78. The molecule has 106 valence electrons. The second-order valence-electron chi connectivity index (χ2n) is 5.14. The maximum atomic E-state index is 12.2. The van der Waals surface area contributed by atoms with Gasteiger partial charge in [-0.25, -0.2) is 4.68 Å². The van der Waals surface area contributed by atoms with Crippen molar-refractivity contribution in [3.05, 3.63) is 76.1 Å². The summed E-state index contributed by atoms with van der Waals surface area (Å²) in [6, 6.07) is 17.7. The third-order valence-corrected chi connectivity index (χ3v) is 3.52. The topological polar surface area (TPSA) is 63.8 Å². The van der Waals surface area contributed by atoms with Crippen LogP contribution < -0.4 is 11.3 Å². The maximum Gasteiger partial charge on any atom is 0.290 e. The van der Waals surface area contributed by atoms with Crippen LogP contribution in [0.5, 0.6) is 0 Å². The number of H-pyrrole nitrogens is 1. The first-order chi connectivity index (χ1) is 10.1. The largest absolute Gasteiger partial charge is 0.392 e. The highest BCUT2D eigenvalue weighted by Crippen LogP contribution is 2.20. The van der Waals surface area contributed by atoms with Gasteiger partial charge in [0.2, 0.25) is 0 Å². The van der Waals surface area contributed by atoms with Crippen LogP contribution in [0.4, 0.5) is 5.69 Å². The summed E-state index contributed by atoms with van der Waals surface area (Å²) in [6.45, 7) is 2.52. The monoisotopic (exact) mass is 279 g/mol. The van der Waals surface area contributed by atoms with Crippen LogP contribution in [0.25, 0.3) is 11.3 Å². The molecular formula is C17H17N3O. The Bertz CT molecular complexity index is 798. The lowest BCUT2D eigenvalue weighted by Crippen LogP contribution is -2.19. The number of anilines is 1. The van der Waals surface area contributed by atoms with Crippen LogP contribution in [-0.2, 0) is 6.54 Å². The van der Waals surface area contributed by atoms with Crippen molar-refractivity contribution in [3.8, 4) is 11.3 Å². The first kappa shape index (κ1) is 13.2. The number of nitrogens with one attached hydrogen (secondary N) is 1. The van der Waals surface area contributed by atoms with E-state index in [2.05, 4.69) is 5.10 Å². The molecule has 4 nitrogen and oxygen atoms in total. The Kier molecular flexibility index (Phi) is 3.36. The predicted molar refractivity (Wildman–Crippen MR) is 85.2 cm³/mol. The normalized spacial score (nSPS) is 10.7. The van der Waals surface area contributed by atoms with E-state index in [1.165, 1.54) is 5.56 Å². The van der Waals surface area contributed by atoms with Crippen LogP contribution >= 0.6 is 0 Å². The van der Waals surface area contributed by atoms with E-state index < -0.39 is 0 Å². The molecule has 0 saturated carbocycles. The third-order valence-electron chi connectivity index (χ3n) is 3.52. The third kappa shape index (κ3) is 2.60. The molecule has 3 rings (SSSR count). The molecule has 0 aliphatic rings. The number of hydrogen-bond donors (Lipinski definition) is 2. The molecule has 0 unspecified atom stereocenters. The van der Waals surface area contributed by atoms with Crippen molar-refractivity contribution in [2.75, 3.05) is 5.73 Å². The molecule has 0 fully saturated rings. The summed E-state index contributed by atoms with van der Waals surface area (Å²) in [6.07, 6.45) is 0. The number of nitrogen functional groups attached to an aromatic ring is 1. The van der Waals surface area contributed by atoms with Gasteiger partial charge in [0, 0.05) is 5.56 Å². The maximum absolute atomic E-state index is 12.2. The van der Waals surface area contributed by atoms with Gasteiger partial charge in [-0.1, -0.05) is 60.2 Å². The number of aryl methyl sites for hydroxylation is 1. The first-order valence-electron chi connectivity index (χ1n) is 6.84. The molecule has 0 aliphatic heterocycles. The Morgan fingerprint density at radius 1 is 1.05 bits per heavy atom. The number of aromatic nitrogens is 2. The fraction of sp³-hybridized carbons (Fsp3) is 0.118. The summed E-state index contributed by atoms with van der Waals surface area (Å²) >= 11 is 0. The van der Waals surface area contributed by atoms with Crippen LogP contribution in [0, 0.1) is 6.92 Å². The second kappa shape index (κ2) is 5.32. The number of hydrogen-bond acceptors (Lipinski definition) is 2. The lowest BCUT2D eigenvalue weighted by atomic mass is 10.1. The van der Waals surface area contributed by atoms with Gasteiger partial charge in [0.15, 0.2) is 0 Å². The standard InChI is InChI=1S/C17H17N3O/c1-12-7-9-13(10-8-12)11-20-17(21)15(18)16(19-20)14-5-3-2-4-6-14/h2-10,19H,11,18H2,1H3. The number of benzene rings is 2.